The van der Waals surface area contributed by atoms with Crippen LogP contribution in [0.25, 0.3) is 0 Å². The number of carbonyl (C=O) groups excluding carboxylic acids is 1. The molecule has 126 valence electrons. The maximum absolute atomic E-state index is 12.0. The molecule has 0 aromatic rings. The molecule has 0 saturated heterocycles. The van der Waals surface area contributed by atoms with E-state index in [0.29, 0.717) is 23.5 Å². The van der Waals surface area contributed by atoms with E-state index < -0.39 is 0 Å². The van der Waals surface area contributed by atoms with E-state index in [2.05, 4.69) is 25.3 Å². The molecule has 23 heavy (non-hydrogen) atoms. The molecule has 0 aliphatic heterocycles. The Hall–Kier alpha value is -0.850. The molecule has 4 rings (SSSR count). The Kier molecular flexibility index (Phi) is 3.63. The third-order valence-electron chi connectivity index (χ3n) is 8.37. The summed E-state index contributed by atoms with van der Waals surface area (Å²) in [4.78, 5) is 12.0. The van der Waals surface area contributed by atoms with E-state index >= 15 is 0 Å². The minimum absolute atomic E-state index is 0.106. The van der Waals surface area contributed by atoms with E-state index in [1.165, 1.54) is 25.7 Å². The van der Waals surface area contributed by atoms with E-state index in [1.807, 2.05) is 0 Å². The average Bonchev–Trinajstić information content (AvgIpc) is 2.84. The van der Waals surface area contributed by atoms with Gasteiger partial charge in [0.1, 0.15) is 5.78 Å². The summed E-state index contributed by atoms with van der Waals surface area (Å²) >= 11 is 0. The van der Waals surface area contributed by atoms with Crippen LogP contribution in [0.15, 0.2) is 18.4 Å². The number of Topliss-reactive ketones (excluding diaryl/α,β-unsaturated/α-hetero) is 1. The average molecular weight is 314 g/mol. The fourth-order valence-electron chi connectivity index (χ4n) is 7.20. The van der Waals surface area contributed by atoms with Crippen molar-refractivity contribution in [3.63, 3.8) is 0 Å². The molecule has 0 amide bonds. The van der Waals surface area contributed by atoms with Gasteiger partial charge >= 0.3 is 0 Å². The second-order valence-corrected chi connectivity index (χ2v) is 8.99. The molecule has 0 bridgehead atoms. The van der Waals surface area contributed by atoms with Crippen LogP contribution >= 0.6 is 0 Å². The van der Waals surface area contributed by atoms with Crippen molar-refractivity contribution in [1.29, 1.82) is 0 Å². The molecule has 0 radical (unpaired) electrons. The largest absolute Gasteiger partial charge is 0.393 e. The SMILES string of the molecule is C=C=CC12CCC(=O)C[C@@H]1CC[C@@H]1[C@@H]2CC[C@]2(C)[C@@H](O)CC[C@@H]12. The topological polar surface area (TPSA) is 37.3 Å². The summed E-state index contributed by atoms with van der Waals surface area (Å²) in [7, 11) is 0. The zero-order chi connectivity index (χ0) is 16.2. The zero-order valence-electron chi connectivity index (χ0n) is 14.4. The third-order valence-corrected chi connectivity index (χ3v) is 8.37. The standard InChI is InChI=1S/C21H30O2/c1-3-10-21-12-8-15(22)13-14(21)4-5-16-17-6-7-19(23)20(17,2)11-9-18(16)21/h10,14,16-19,23H,1,4-9,11-13H2,2H3/t14-,16-,17-,18-,19-,20-,21?/m0/s1. The van der Waals surface area contributed by atoms with Crippen LogP contribution in [0.4, 0.5) is 0 Å². The van der Waals surface area contributed by atoms with Gasteiger partial charge in [-0.3, -0.25) is 4.79 Å². The lowest BCUT2D eigenvalue weighted by Gasteiger charge is -2.59. The lowest BCUT2D eigenvalue weighted by Crippen LogP contribution is -2.54. The van der Waals surface area contributed by atoms with Gasteiger partial charge in [0.15, 0.2) is 0 Å². The summed E-state index contributed by atoms with van der Waals surface area (Å²) in [6.07, 6.45) is 11.6. The highest BCUT2D eigenvalue weighted by atomic mass is 16.3. The number of aliphatic hydroxyl groups is 1. The predicted molar refractivity (Wildman–Crippen MR) is 90.8 cm³/mol. The van der Waals surface area contributed by atoms with Crippen LogP contribution in [0.3, 0.4) is 0 Å². The lowest BCUT2D eigenvalue weighted by molar-refractivity contribution is -0.136. The third kappa shape index (κ3) is 2.07. The highest BCUT2D eigenvalue weighted by molar-refractivity contribution is 5.79. The molecule has 4 saturated carbocycles. The van der Waals surface area contributed by atoms with Crippen molar-refractivity contribution in [3.8, 4) is 0 Å². The number of fused-ring (bicyclic) bond motifs is 5. The number of aliphatic hydroxyl groups excluding tert-OH is 1. The second kappa shape index (κ2) is 5.33. The maximum Gasteiger partial charge on any atom is 0.133 e. The molecule has 4 aliphatic rings. The van der Waals surface area contributed by atoms with Crippen LogP contribution in [0.1, 0.15) is 64.7 Å². The zero-order valence-corrected chi connectivity index (χ0v) is 14.4. The number of ketones is 1. The first kappa shape index (κ1) is 15.7. The van der Waals surface area contributed by atoms with Crippen molar-refractivity contribution in [2.75, 3.05) is 0 Å². The van der Waals surface area contributed by atoms with Gasteiger partial charge in [0.05, 0.1) is 6.10 Å². The first-order chi connectivity index (χ1) is 11.0. The van der Waals surface area contributed by atoms with Crippen LogP contribution < -0.4 is 0 Å². The highest BCUT2D eigenvalue weighted by Gasteiger charge is 2.60. The lowest BCUT2D eigenvalue weighted by atomic mass is 9.44. The minimum Gasteiger partial charge on any atom is -0.393 e. The Bertz CT molecular complexity index is 560. The smallest absolute Gasteiger partial charge is 0.133 e. The molecule has 0 spiro atoms. The number of allylic oxidation sites excluding steroid dienone is 1. The van der Waals surface area contributed by atoms with E-state index in [-0.39, 0.29) is 16.9 Å². The van der Waals surface area contributed by atoms with Gasteiger partial charge in [0, 0.05) is 18.3 Å². The van der Waals surface area contributed by atoms with Crippen LogP contribution in [0.2, 0.25) is 0 Å². The Labute approximate surface area is 140 Å². The van der Waals surface area contributed by atoms with E-state index in [0.717, 1.165) is 38.0 Å². The fourth-order valence-corrected chi connectivity index (χ4v) is 7.20. The molecular weight excluding hydrogens is 284 g/mol. The van der Waals surface area contributed by atoms with Gasteiger partial charge in [-0.1, -0.05) is 13.5 Å². The monoisotopic (exact) mass is 314 g/mol. The quantitative estimate of drug-likeness (QED) is 0.733. The van der Waals surface area contributed by atoms with Crippen molar-refractivity contribution >= 4 is 5.78 Å². The summed E-state index contributed by atoms with van der Waals surface area (Å²) in [6, 6.07) is 0. The summed E-state index contributed by atoms with van der Waals surface area (Å²) < 4.78 is 0. The normalized spacial score (nSPS) is 52.1. The molecule has 4 aliphatic carbocycles. The minimum atomic E-state index is -0.106. The van der Waals surface area contributed by atoms with Gasteiger partial charge < -0.3 is 5.11 Å². The van der Waals surface area contributed by atoms with Crippen molar-refractivity contribution < 1.29 is 9.90 Å². The Morgan fingerprint density at radius 2 is 2.00 bits per heavy atom. The summed E-state index contributed by atoms with van der Waals surface area (Å²) in [6.45, 7) is 6.22. The molecule has 7 atom stereocenters. The van der Waals surface area contributed by atoms with Crippen LogP contribution in [-0.4, -0.2) is 17.0 Å². The summed E-state index contributed by atoms with van der Waals surface area (Å²) in [5.74, 6) is 3.03. The van der Waals surface area contributed by atoms with Crippen molar-refractivity contribution in [3.05, 3.63) is 18.4 Å². The Balaban J connectivity index is 1.71. The summed E-state index contributed by atoms with van der Waals surface area (Å²) in [5, 5.41) is 10.5. The first-order valence-corrected chi connectivity index (χ1v) is 9.58. The maximum atomic E-state index is 12.0. The van der Waals surface area contributed by atoms with E-state index in [1.54, 1.807) is 0 Å². The molecule has 0 aromatic carbocycles. The van der Waals surface area contributed by atoms with Crippen LogP contribution in [0.5, 0.6) is 0 Å². The molecule has 1 unspecified atom stereocenters. The number of hydrogen-bond acceptors (Lipinski definition) is 2. The van der Waals surface area contributed by atoms with E-state index in [4.69, 9.17) is 0 Å². The Morgan fingerprint density at radius 1 is 1.17 bits per heavy atom. The highest BCUT2D eigenvalue weighted by Crippen LogP contribution is 2.66. The fraction of sp³-hybridized carbons (Fsp3) is 0.810. The number of hydrogen-bond donors (Lipinski definition) is 1. The Morgan fingerprint density at radius 3 is 2.78 bits per heavy atom. The predicted octanol–water partition coefficient (Wildman–Crippen LogP) is 4.28. The number of carbonyl (C=O) groups is 1. The molecule has 1 N–H and O–H groups in total. The van der Waals surface area contributed by atoms with Crippen molar-refractivity contribution in [2.24, 2.45) is 34.5 Å². The first-order valence-electron chi connectivity index (χ1n) is 9.58. The van der Waals surface area contributed by atoms with Gasteiger partial charge in [0.2, 0.25) is 0 Å². The van der Waals surface area contributed by atoms with Crippen LogP contribution in [-0.2, 0) is 4.79 Å². The molecular formula is C21H30O2. The van der Waals surface area contributed by atoms with Gasteiger partial charge in [-0.05, 0) is 80.1 Å². The second-order valence-electron chi connectivity index (χ2n) is 8.99. The number of rotatable bonds is 1. The molecule has 0 heterocycles. The summed E-state index contributed by atoms with van der Waals surface area (Å²) in [5.41, 5.74) is 3.41. The van der Waals surface area contributed by atoms with Gasteiger partial charge in [-0.15, -0.1) is 5.73 Å². The van der Waals surface area contributed by atoms with E-state index in [9.17, 15) is 9.90 Å². The van der Waals surface area contributed by atoms with Gasteiger partial charge in [-0.25, -0.2) is 0 Å². The van der Waals surface area contributed by atoms with Crippen LogP contribution in [0, 0.1) is 34.5 Å². The van der Waals surface area contributed by atoms with Gasteiger partial charge in [-0.2, -0.15) is 0 Å². The molecule has 4 fully saturated rings. The molecule has 0 aromatic heterocycles. The van der Waals surface area contributed by atoms with Gasteiger partial charge in [0.25, 0.3) is 0 Å². The van der Waals surface area contributed by atoms with Crippen molar-refractivity contribution in [2.45, 2.75) is 70.8 Å². The van der Waals surface area contributed by atoms with Crippen molar-refractivity contribution in [1.82, 2.24) is 0 Å². The molecule has 2 heteroatoms. The molecule has 2 nitrogen and oxygen atoms in total.